The SMILES string of the molecule is C=CC(=[NH2+])C(CCc1cncn1C)C(C)C. The summed E-state index contributed by atoms with van der Waals surface area (Å²) < 4.78 is 2.06. The highest BCUT2D eigenvalue weighted by molar-refractivity contribution is 5.91. The quantitative estimate of drug-likeness (QED) is 0.714. The van der Waals surface area contributed by atoms with Crippen LogP contribution in [0, 0.1) is 11.8 Å². The van der Waals surface area contributed by atoms with E-state index in [0.717, 1.165) is 18.6 Å². The van der Waals surface area contributed by atoms with Gasteiger partial charge in [0.05, 0.1) is 6.33 Å². The zero-order chi connectivity index (χ0) is 12.1. The van der Waals surface area contributed by atoms with E-state index in [0.29, 0.717) is 11.8 Å². The molecule has 3 nitrogen and oxygen atoms in total. The largest absolute Gasteiger partial charge is 0.338 e. The van der Waals surface area contributed by atoms with Gasteiger partial charge in [-0.2, -0.15) is 0 Å². The number of nitrogens with two attached hydrogens (primary N) is 1. The van der Waals surface area contributed by atoms with Gasteiger partial charge in [-0.05, 0) is 24.8 Å². The molecule has 0 aliphatic heterocycles. The number of aryl methyl sites for hydroxylation is 2. The summed E-state index contributed by atoms with van der Waals surface area (Å²) in [5.74, 6) is 0.957. The van der Waals surface area contributed by atoms with Crippen molar-refractivity contribution in [2.24, 2.45) is 18.9 Å². The second kappa shape index (κ2) is 5.64. The molecule has 1 heterocycles. The number of imidazole rings is 1. The number of aromatic nitrogens is 2. The molecule has 88 valence electrons. The molecule has 1 aromatic heterocycles. The summed E-state index contributed by atoms with van der Waals surface area (Å²) in [6.45, 7) is 8.14. The maximum atomic E-state index is 5.97. The van der Waals surface area contributed by atoms with Gasteiger partial charge < -0.3 is 4.57 Å². The molecule has 0 aromatic carbocycles. The van der Waals surface area contributed by atoms with Gasteiger partial charge in [-0.1, -0.05) is 20.4 Å². The van der Waals surface area contributed by atoms with E-state index in [9.17, 15) is 0 Å². The second-order valence-corrected chi connectivity index (χ2v) is 4.59. The van der Waals surface area contributed by atoms with Gasteiger partial charge in [-0.25, -0.2) is 4.98 Å². The lowest BCUT2D eigenvalue weighted by atomic mass is 9.86. The molecule has 3 heteroatoms. The first-order chi connectivity index (χ1) is 7.56. The number of allylic oxidation sites excluding steroid dienone is 1. The summed E-state index contributed by atoms with van der Waals surface area (Å²) in [7, 11) is 2.02. The highest BCUT2D eigenvalue weighted by atomic mass is 15.0. The van der Waals surface area contributed by atoms with Crippen molar-refractivity contribution >= 4 is 5.71 Å². The number of hydrogen-bond acceptors (Lipinski definition) is 1. The Labute approximate surface area is 97.7 Å². The molecule has 0 radical (unpaired) electrons. The van der Waals surface area contributed by atoms with Crippen LogP contribution in [0.1, 0.15) is 26.0 Å². The topological polar surface area (TPSA) is 43.4 Å². The molecule has 0 aliphatic rings. The summed E-state index contributed by atoms with van der Waals surface area (Å²) >= 11 is 0. The summed E-state index contributed by atoms with van der Waals surface area (Å²) in [4.78, 5) is 4.11. The highest BCUT2D eigenvalue weighted by Gasteiger charge is 2.20. The molecule has 1 rings (SSSR count). The van der Waals surface area contributed by atoms with E-state index in [1.54, 1.807) is 6.08 Å². The van der Waals surface area contributed by atoms with E-state index >= 15 is 0 Å². The minimum Gasteiger partial charge on any atom is -0.338 e. The Morgan fingerprint density at radius 1 is 1.62 bits per heavy atom. The first kappa shape index (κ1) is 12.7. The van der Waals surface area contributed by atoms with E-state index in [4.69, 9.17) is 5.41 Å². The molecule has 0 bridgehead atoms. The van der Waals surface area contributed by atoms with Crippen LogP contribution in [0.25, 0.3) is 0 Å². The predicted octanol–water partition coefficient (Wildman–Crippen LogP) is 1.01. The second-order valence-electron chi connectivity index (χ2n) is 4.59. The van der Waals surface area contributed by atoms with E-state index in [2.05, 4.69) is 30.0 Å². The third kappa shape index (κ3) is 3.05. The molecular formula is C13H22N3+. The molecule has 1 aromatic rings. The van der Waals surface area contributed by atoms with E-state index in [-0.39, 0.29) is 0 Å². The maximum Gasteiger partial charge on any atom is 0.175 e. The first-order valence-corrected chi connectivity index (χ1v) is 5.76. The fraction of sp³-hybridized carbons (Fsp3) is 0.538. The molecule has 16 heavy (non-hydrogen) atoms. The molecule has 1 atom stereocenters. The van der Waals surface area contributed by atoms with Crippen molar-refractivity contribution in [3.05, 3.63) is 30.9 Å². The molecule has 0 spiro atoms. The van der Waals surface area contributed by atoms with Crippen LogP contribution in [0.5, 0.6) is 0 Å². The van der Waals surface area contributed by atoms with Crippen molar-refractivity contribution in [1.29, 1.82) is 0 Å². The van der Waals surface area contributed by atoms with Crippen LogP contribution in [-0.4, -0.2) is 15.3 Å². The summed E-state index contributed by atoms with van der Waals surface area (Å²) in [5.41, 5.74) is 2.15. The van der Waals surface area contributed by atoms with Crippen LogP contribution < -0.4 is 5.41 Å². The van der Waals surface area contributed by atoms with Crippen LogP contribution in [0.15, 0.2) is 25.2 Å². The van der Waals surface area contributed by atoms with Gasteiger partial charge in [0.2, 0.25) is 0 Å². The Morgan fingerprint density at radius 3 is 2.75 bits per heavy atom. The van der Waals surface area contributed by atoms with Crippen LogP contribution >= 0.6 is 0 Å². The van der Waals surface area contributed by atoms with Crippen LogP contribution in [0.2, 0.25) is 0 Å². The minimum absolute atomic E-state index is 0.410. The van der Waals surface area contributed by atoms with Crippen LogP contribution in [0.4, 0.5) is 0 Å². The fourth-order valence-corrected chi connectivity index (χ4v) is 1.97. The van der Waals surface area contributed by atoms with Crippen molar-refractivity contribution in [3.8, 4) is 0 Å². The van der Waals surface area contributed by atoms with Crippen LogP contribution in [0.3, 0.4) is 0 Å². The standard InChI is InChI=1S/C13H21N3/c1-5-13(14)12(10(2)3)7-6-11-8-15-9-16(11)4/h5,8-10,12,14H,1,6-7H2,2-4H3/p+1. The summed E-state index contributed by atoms with van der Waals surface area (Å²) in [5, 5.41) is 5.97. The van der Waals surface area contributed by atoms with Gasteiger partial charge in [0, 0.05) is 24.9 Å². The van der Waals surface area contributed by atoms with Gasteiger partial charge in [0.25, 0.3) is 0 Å². The Hall–Kier alpha value is -1.38. The summed E-state index contributed by atoms with van der Waals surface area (Å²) in [6, 6.07) is 0. The van der Waals surface area contributed by atoms with Crippen molar-refractivity contribution in [1.82, 2.24) is 9.55 Å². The number of rotatable bonds is 6. The normalized spacial score (nSPS) is 12.8. The first-order valence-electron chi connectivity index (χ1n) is 5.76. The smallest absolute Gasteiger partial charge is 0.175 e. The molecule has 0 saturated heterocycles. The van der Waals surface area contributed by atoms with E-state index in [1.165, 1.54) is 5.69 Å². The molecule has 0 saturated carbocycles. The number of nitrogens with zero attached hydrogens (tertiary/aromatic N) is 2. The van der Waals surface area contributed by atoms with Crippen LogP contribution in [-0.2, 0) is 13.5 Å². The van der Waals surface area contributed by atoms with Gasteiger partial charge in [-0.3, -0.25) is 5.41 Å². The Balaban J connectivity index is 2.60. The Kier molecular flexibility index (Phi) is 4.47. The zero-order valence-electron chi connectivity index (χ0n) is 10.5. The molecule has 0 fully saturated rings. The van der Waals surface area contributed by atoms with Crippen molar-refractivity contribution in [3.63, 3.8) is 0 Å². The minimum atomic E-state index is 0.410. The van der Waals surface area contributed by atoms with Crippen molar-refractivity contribution < 1.29 is 5.41 Å². The molecule has 0 amide bonds. The van der Waals surface area contributed by atoms with E-state index < -0.39 is 0 Å². The molecule has 2 N–H and O–H groups in total. The maximum absolute atomic E-state index is 5.97. The predicted molar refractivity (Wildman–Crippen MR) is 67.0 cm³/mol. The zero-order valence-corrected chi connectivity index (χ0v) is 10.5. The molecule has 1 unspecified atom stereocenters. The van der Waals surface area contributed by atoms with Crippen molar-refractivity contribution in [2.45, 2.75) is 26.7 Å². The van der Waals surface area contributed by atoms with E-state index in [1.807, 2.05) is 19.6 Å². The van der Waals surface area contributed by atoms with Gasteiger partial charge in [0.15, 0.2) is 5.71 Å². The lowest BCUT2D eigenvalue weighted by molar-refractivity contribution is -0.119. The van der Waals surface area contributed by atoms with Gasteiger partial charge >= 0.3 is 0 Å². The number of hydrogen-bond donors (Lipinski definition) is 1. The fourth-order valence-electron chi connectivity index (χ4n) is 1.97. The third-order valence-corrected chi connectivity index (χ3v) is 3.10. The lowest BCUT2D eigenvalue weighted by Crippen LogP contribution is -2.44. The summed E-state index contributed by atoms with van der Waals surface area (Å²) in [6.07, 6.45) is 7.58. The average Bonchev–Trinajstić information content (AvgIpc) is 2.64. The molecular weight excluding hydrogens is 198 g/mol. The Bertz CT molecular complexity index is 363. The Morgan fingerprint density at radius 2 is 2.31 bits per heavy atom. The van der Waals surface area contributed by atoms with Crippen molar-refractivity contribution in [2.75, 3.05) is 0 Å². The molecule has 0 aliphatic carbocycles. The highest BCUT2D eigenvalue weighted by Crippen LogP contribution is 2.18. The third-order valence-electron chi connectivity index (χ3n) is 3.10. The monoisotopic (exact) mass is 220 g/mol. The lowest BCUT2D eigenvalue weighted by Gasteiger charge is -2.16. The van der Waals surface area contributed by atoms with Gasteiger partial charge in [0.1, 0.15) is 0 Å². The average molecular weight is 220 g/mol. The van der Waals surface area contributed by atoms with Gasteiger partial charge in [-0.15, -0.1) is 0 Å².